The van der Waals surface area contributed by atoms with Crippen LogP contribution in [0.3, 0.4) is 0 Å². The van der Waals surface area contributed by atoms with Gasteiger partial charge < -0.3 is 15.4 Å². The second-order valence-electron chi connectivity index (χ2n) is 8.72. The zero-order chi connectivity index (χ0) is 24.0. The van der Waals surface area contributed by atoms with Crippen LogP contribution in [-0.2, 0) is 4.79 Å². The van der Waals surface area contributed by atoms with Gasteiger partial charge in [0, 0.05) is 23.7 Å². The molecule has 1 aromatic heterocycles. The molecule has 2 heterocycles. The van der Waals surface area contributed by atoms with E-state index in [4.69, 9.17) is 4.74 Å². The normalized spacial score (nSPS) is 14.1. The molecule has 7 nitrogen and oxygen atoms in total. The number of rotatable bonds is 8. The molecule has 0 aliphatic carbocycles. The molecule has 0 atom stereocenters. The van der Waals surface area contributed by atoms with Crippen molar-refractivity contribution >= 4 is 44.8 Å². The topological polar surface area (TPSA) is 79.4 Å². The average Bonchev–Trinajstić information content (AvgIpc) is 2.89. The first kappa shape index (κ1) is 22.8. The van der Waals surface area contributed by atoms with Gasteiger partial charge in [0.15, 0.2) is 0 Å². The Kier molecular flexibility index (Phi) is 6.86. The van der Waals surface area contributed by atoms with Gasteiger partial charge in [0.1, 0.15) is 24.5 Å². The zero-order valence-corrected chi connectivity index (χ0v) is 19.7. The predicted molar refractivity (Wildman–Crippen MR) is 141 cm³/mol. The Morgan fingerprint density at radius 1 is 1.03 bits per heavy atom. The fourth-order valence-electron chi connectivity index (χ4n) is 4.46. The van der Waals surface area contributed by atoms with E-state index >= 15 is 0 Å². The number of ether oxygens (including phenoxy) is 1. The Balaban J connectivity index is 1.43. The van der Waals surface area contributed by atoms with Crippen molar-refractivity contribution in [2.24, 2.45) is 0 Å². The summed E-state index contributed by atoms with van der Waals surface area (Å²) < 4.78 is 6.13. The number of likely N-dealkylation sites (tertiary alicyclic amines) is 1. The van der Waals surface area contributed by atoms with Crippen LogP contribution in [0.5, 0.6) is 5.75 Å². The molecular formula is C28H29N5O2. The van der Waals surface area contributed by atoms with Crippen LogP contribution in [0.15, 0.2) is 73.6 Å². The maximum Gasteiger partial charge on any atom is 0.247 e. The van der Waals surface area contributed by atoms with E-state index in [2.05, 4.69) is 56.3 Å². The molecular weight excluding hydrogens is 438 g/mol. The predicted octanol–water partition coefficient (Wildman–Crippen LogP) is 5.52. The van der Waals surface area contributed by atoms with Crippen molar-refractivity contribution in [3.63, 3.8) is 0 Å². The summed E-state index contributed by atoms with van der Waals surface area (Å²) in [5.41, 5.74) is 2.22. The van der Waals surface area contributed by atoms with Gasteiger partial charge in [-0.25, -0.2) is 9.97 Å². The number of aromatic nitrogens is 2. The van der Waals surface area contributed by atoms with Crippen molar-refractivity contribution in [3.05, 3.63) is 73.6 Å². The largest absolute Gasteiger partial charge is 0.490 e. The second-order valence-corrected chi connectivity index (χ2v) is 8.72. The minimum absolute atomic E-state index is 0.300. The number of nitrogens with zero attached hydrogens (tertiary/aromatic N) is 3. The van der Waals surface area contributed by atoms with Crippen molar-refractivity contribution in [1.29, 1.82) is 0 Å². The SMILES string of the molecule is C=CC(=O)Nc1cc2c(Nc3ccc4ccccc4c3)ncnc2cc1OCCN1CCCCC1. The number of carbonyl (C=O) groups is 1. The first-order valence-corrected chi connectivity index (χ1v) is 12.0. The summed E-state index contributed by atoms with van der Waals surface area (Å²) in [6.07, 6.45) is 6.55. The second kappa shape index (κ2) is 10.5. The van der Waals surface area contributed by atoms with Gasteiger partial charge in [0.2, 0.25) is 5.91 Å². The number of nitrogens with one attached hydrogen (secondary N) is 2. The van der Waals surface area contributed by atoms with Crippen LogP contribution in [0.4, 0.5) is 17.2 Å². The molecule has 1 amide bonds. The molecule has 3 aromatic carbocycles. The summed E-state index contributed by atoms with van der Waals surface area (Å²) in [6.45, 7) is 7.18. The van der Waals surface area contributed by atoms with Crippen molar-refractivity contribution in [1.82, 2.24) is 14.9 Å². The number of benzene rings is 3. The number of carbonyl (C=O) groups excluding carboxylic acids is 1. The van der Waals surface area contributed by atoms with Gasteiger partial charge in [-0.1, -0.05) is 43.3 Å². The van der Waals surface area contributed by atoms with E-state index in [9.17, 15) is 4.79 Å². The first-order chi connectivity index (χ1) is 17.2. The fraction of sp³-hybridized carbons (Fsp3) is 0.250. The smallest absolute Gasteiger partial charge is 0.247 e. The van der Waals surface area contributed by atoms with Gasteiger partial charge in [-0.05, 0) is 61.0 Å². The van der Waals surface area contributed by atoms with Crippen LogP contribution >= 0.6 is 0 Å². The third-order valence-electron chi connectivity index (χ3n) is 6.31. The quantitative estimate of drug-likeness (QED) is 0.333. The van der Waals surface area contributed by atoms with Crippen LogP contribution in [0.2, 0.25) is 0 Å². The third-order valence-corrected chi connectivity index (χ3v) is 6.31. The van der Waals surface area contributed by atoms with Crippen molar-refractivity contribution in [3.8, 4) is 5.75 Å². The van der Waals surface area contributed by atoms with Crippen LogP contribution in [-0.4, -0.2) is 47.0 Å². The van der Waals surface area contributed by atoms with E-state index in [0.717, 1.165) is 41.6 Å². The molecule has 7 heteroatoms. The highest BCUT2D eigenvalue weighted by Crippen LogP contribution is 2.34. The monoisotopic (exact) mass is 467 g/mol. The number of amides is 1. The van der Waals surface area contributed by atoms with Crippen LogP contribution in [0, 0.1) is 0 Å². The van der Waals surface area contributed by atoms with E-state index < -0.39 is 0 Å². The summed E-state index contributed by atoms with van der Waals surface area (Å²) in [5.74, 6) is 0.936. The van der Waals surface area contributed by atoms with E-state index in [-0.39, 0.29) is 5.91 Å². The van der Waals surface area contributed by atoms with Gasteiger partial charge in [-0.15, -0.1) is 0 Å². The van der Waals surface area contributed by atoms with E-state index in [1.807, 2.05) is 30.3 Å². The zero-order valence-electron chi connectivity index (χ0n) is 19.7. The molecule has 178 valence electrons. The molecule has 0 bridgehead atoms. The summed E-state index contributed by atoms with van der Waals surface area (Å²) in [6, 6.07) is 18.1. The molecule has 1 aliphatic rings. The van der Waals surface area contributed by atoms with Gasteiger partial charge in [0.25, 0.3) is 0 Å². The lowest BCUT2D eigenvalue weighted by molar-refractivity contribution is -0.111. The van der Waals surface area contributed by atoms with Crippen molar-refractivity contribution in [2.45, 2.75) is 19.3 Å². The van der Waals surface area contributed by atoms with Gasteiger partial charge >= 0.3 is 0 Å². The van der Waals surface area contributed by atoms with Crippen LogP contribution in [0.25, 0.3) is 21.7 Å². The average molecular weight is 468 g/mol. The highest BCUT2D eigenvalue weighted by Gasteiger charge is 2.15. The van der Waals surface area contributed by atoms with Crippen LogP contribution < -0.4 is 15.4 Å². The van der Waals surface area contributed by atoms with Gasteiger partial charge in [-0.2, -0.15) is 0 Å². The number of anilines is 3. The Hall–Kier alpha value is -3.97. The third kappa shape index (κ3) is 5.41. The fourth-order valence-corrected chi connectivity index (χ4v) is 4.46. The van der Waals surface area contributed by atoms with E-state index in [1.165, 1.54) is 37.1 Å². The Bertz CT molecular complexity index is 1360. The maximum atomic E-state index is 12.2. The minimum atomic E-state index is -0.300. The van der Waals surface area contributed by atoms with Gasteiger partial charge in [0.05, 0.1) is 11.2 Å². The minimum Gasteiger partial charge on any atom is -0.490 e. The molecule has 35 heavy (non-hydrogen) atoms. The molecule has 4 aromatic rings. The molecule has 0 radical (unpaired) electrons. The molecule has 5 rings (SSSR count). The molecule has 1 aliphatic heterocycles. The molecule has 2 N–H and O–H groups in total. The summed E-state index contributed by atoms with van der Waals surface area (Å²) in [7, 11) is 0. The summed E-state index contributed by atoms with van der Waals surface area (Å²) in [4.78, 5) is 23.5. The highest BCUT2D eigenvalue weighted by atomic mass is 16.5. The highest BCUT2D eigenvalue weighted by molar-refractivity contribution is 6.03. The van der Waals surface area contributed by atoms with Gasteiger partial charge in [-0.3, -0.25) is 9.69 Å². The maximum absolute atomic E-state index is 12.2. The number of hydrogen-bond donors (Lipinski definition) is 2. The summed E-state index contributed by atoms with van der Waals surface area (Å²) >= 11 is 0. The lowest BCUT2D eigenvalue weighted by Gasteiger charge is -2.26. The molecule has 0 spiro atoms. The standard InChI is InChI=1S/C28H29N5O2/c1-2-27(34)32-25-17-23-24(18-26(25)35-15-14-33-12-6-3-7-13-33)29-19-30-28(23)31-22-11-10-20-8-4-5-9-21(20)16-22/h2,4-5,8-11,16-19H,1,3,6-7,12-15H2,(H,32,34)(H,29,30,31). The number of hydrogen-bond acceptors (Lipinski definition) is 6. The van der Waals surface area contributed by atoms with Crippen LogP contribution in [0.1, 0.15) is 19.3 Å². The Morgan fingerprint density at radius 2 is 1.86 bits per heavy atom. The Labute approximate surface area is 204 Å². The number of fused-ring (bicyclic) bond motifs is 2. The molecule has 0 saturated carbocycles. The van der Waals surface area contributed by atoms with E-state index in [1.54, 1.807) is 0 Å². The van der Waals surface area contributed by atoms with Crippen molar-refractivity contribution < 1.29 is 9.53 Å². The molecule has 1 fully saturated rings. The molecule has 0 unspecified atom stereocenters. The summed E-state index contributed by atoms with van der Waals surface area (Å²) in [5, 5.41) is 9.38. The van der Waals surface area contributed by atoms with E-state index in [0.29, 0.717) is 23.9 Å². The first-order valence-electron chi connectivity index (χ1n) is 12.0. The van der Waals surface area contributed by atoms with Crippen molar-refractivity contribution in [2.75, 3.05) is 36.9 Å². The number of piperidine rings is 1. The molecule has 1 saturated heterocycles. The lowest BCUT2D eigenvalue weighted by atomic mass is 10.1. The Morgan fingerprint density at radius 3 is 2.69 bits per heavy atom. The lowest BCUT2D eigenvalue weighted by Crippen LogP contribution is -2.33.